The molecule has 0 saturated heterocycles. The maximum absolute atomic E-state index is 14.2. The number of benzene rings is 2. The number of halogens is 1. The highest BCUT2D eigenvalue weighted by Crippen LogP contribution is 2.28. The number of hydrogen-bond acceptors (Lipinski definition) is 2. The predicted molar refractivity (Wildman–Crippen MR) is 114 cm³/mol. The van der Waals surface area contributed by atoms with Gasteiger partial charge in [0.05, 0.1) is 11.4 Å². The SMILES string of the molecule is Cc1nn(C(=O)Nc2ccccc2-c2ccc(C#CC(C)(C)C)cc2)c(F)c1C. The number of nitrogens with zero attached hydrogens (tertiary/aromatic N) is 2. The molecule has 3 aromatic rings. The van der Waals surface area contributed by atoms with Crippen molar-refractivity contribution >= 4 is 11.7 Å². The average Bonchev–Trinajstić information content (AvgIpc) is 2.94. The highest BCUT2D eigenvalue weighted by atomic mass is 19.1. The molecule has 0 atom stereocenters. The van der Waals surface area contributed by atoms with E-state index in [1.807, 2.05) is 42.5 Å². The molecule has 1 N–H and O–H groups in total. The van der Waals surface area contributed by atoms with Crippen molar-refractivity contribution in [2.24, 2.45) is 5.41 Å². The van der Waals surface area contributed by atoms with E-state index in [2.05, 4.69) is 43.0 Å². The number of carbonyl (C=O) groups excluding carboxylic acids is 1. The van der Waals surface area contributed by atoms with Crippen molar-refractivity contribution in [2.75, 3.05) is 5.32 Å². The van der Waals surface area contributed by atoms with Gasteiger partial charge in [-0.25, -0.2) is 4.79 Å². The molecule has 1 heterocycles. The van der Waals surface area contributed by atoms with E-state index >= 15 is 0 Å². The summed E-state index contributed by atoms with van der Waals surface area (Å²) in [5, 5.41) is 6.73. The second-order valence-corrected chi connectivity index (χ2v) is 7.97. The monoisotopic (exact) mass is 389 g/mol. The van der Waals surface area contributed by atoms with Crippen molar-refractivity contribution < 1.29 is 9.18 Å². The highest BCUT2D eigenvalue weighted by Gasteiger charge is 2.18. The van der Waals surface area contributed by atoms with Crippen molar-refractivity contribution in [1.82, 2.24) is 9.78 Å². The Morgan fingerprint density at radius 3 is 2.31 bits per heavy atom. The first kappa shape index (κ1) is 20.3. The standard InChI is InChI=1S/C24H24FN3O/c1-16-17(2)27-28(22(16)25)23(29)26-21-9-7-6-8-20(21)19-12-10-18(11-13-19)14-15-24(3,4)5/h6-13H,1-5H3,(H,26,29). The lowest BCUT2D eigenvalue weighted by atomic mass is 9.97. The summed E-state index contributed by atoms with van der Waals surface area (Å²) in [6.45, 7) is 9.47. The number of nitrogens with one attached hydrogen (secondary N) is 1. The van der Waals surface area contributed by atoms with Gasteiger partial charge in [0.25, 0.3) is 0 Å². The van der Waals surface area contributed by atoms with Crippen LogP contribution in [-0.2, 0) is 0 Å². The van der Waals surface area contributed by atoms with Gasteiger partial charge in [0.2, 0.25) is 5.95 Å². The Morgan fingerprint density at radius 1 is 1.07 bits per heavy atom. The number of aryl methyl sites for hydroxylation is 1. The highest BCUT2D eigenvalue weighted by molar-refractivity contribution is 5.95. The second kappa shape index (κ2) is 7.92. The zero-order valence-electron chi connectivity index (χ0n) is 17.3. The fraction of sp³-hybridized carbons (Fsp3) is 0.250. The summed E-state index contributed by atoms with van der Waals surface area (Å²) in [6.07, 6.45) is 0. The fourth-order valence-corrected chi connectivity index (χ4v) is 2.72. The van der Waals surface area contributed by atoms with Crippen LogP contribution in [0.25, 0.3) is 11.1 Å². The molecule has 0 bridgehead atoms. The molecule has 4 nitrogen and oxygen atoms in total. The average molecular weight is 389 g/mol. The Morgan fingerprint density at radius 2 is 1.72 bits per heavy atom. The lowest BCUT2D eigenvalue weighted by Gasteiger charge is -2.11. The van der Waals surface area contributed by atoms with Crippen LogP contribution in [0.3, 0.4) is 0 Å². The molecule has 5 heteroatoms. The fourth-order valence-electron chi connectivity index (χ4n) is 2.72. The smallest absolute Gasteiger partial charge is 0.305 e. The molecule has 148 valence electrons. The van der Waals surface area contributed by atoms with Crippen LogP contribution < -0.4 is 5.32 Å². The van der Waals surface area contributed by atoms with Crippen molar-refractivity contribution in [2.45, 2.75) is 34.6 Å². The molecule has 2 aromatic carbocycles. The molecular formula is C24H24FN3O. The lowest BCUT2D eigenvalue weighted by molar-refractivity contribution is 0.247. The number of para-hydroxylation sites is 1. The number of aromatic nitrogens is 2. The van der Waals surface area contributed by atoms with E-state index in [0.717, 1.165) is 21.4 Å². The van der Waals surface area contributed by atoms with E-state index < -0.39 is 12.0 Å². The number of carbonyl (C=O) groups is 1. The Labute approximate surface area is 170 Å². The third-order valence-corrected chi connectivity index (χ3v) is 4.43. The summed E-state index contributed by atoms with van der Waals surface area (Å²) in [5.41, 5.74) is 4.05. The second-order valence-electron chi connectivity index (χ2n) is 7.97. The number of rotatable bonds is 2. The van der Waals surface area contributed by atoms with Crippen LogP contribution in [0.1, 0.15) is 37.6 Å². The van der Waals surface area contributed by atoms with E-state index in [4.69, 9.17) is 0 Å². The van der Waals surface area contributed by atoms with Gasteiger partial charge in [0.1, 0.15) is 0 Å². The summed E-state index contributed by atoms with van der Waals surface area (Å²) in [4.78, 5) is 12.5. The van der Waals surface area contributed by atoms with Gasteiger partial charge in [-0.1, -0.05) is 42.2 Å². The molecule has 1 aromatic heterocycles. The molecule has 0 saturated carbocycles. The third kappa shape index (κ3) is 4.72. The topological polar surface area (TPSA) is 46.9 Å². The van der Waals surface area contributed by atoms with Crippen LogP contribution >= 0.6 is 0 Å². The van der Waals surface area contributed by atoms with Gasteiger partial charge in [-0.3, -0.25) is 0 Å². The van der Waals surface area contributed by atoms with Crippen LogP contribution in [0, 0.1) is 37.1 Å². The van der Waals surface area contributed by atoms with Gasteiger partial charge in [0, 0.05) is 22.1 Å². The Kier molecular flexibility index (Phi) is 5.56. The van der Waals surface area contributed by atoms with Crippen LogP contribution in [0.4, 0.5) is 14.9 Å². The molecule has 0 aliphatic heterocycles. The summed E-state index contributed by atoms with van der Waals surface area (Å²) in [7, 11) is 0. The summed E-state index contributed by atoms with van der Waals surface area (Å²) < 4.78 is 15.0. The van der Waals surface area contributed by atoms with Gasteiger partial charge >= 0.3 is 6.03 Å². The zero-order chi connectivity index (χ0) is 21.2. The van der Waals surface area contributed by atoms with Gasteiger partial charge in [-0.15, -0.1) is 0 Å². The molecule has 0 aliphatic carbocycles. The van der Waals surface area contributed by atoms with Gasteiger partial charge in [-0.05, 0) is 58.4 Å². The number of hydrogen-bond donors (Lipinski definition) is 1. The molecule has 1 amide bonds. The lowest BCUT2D eigenvalue weighted by Crippen LogP contribution is -2.22. The van der Waals surface area contributed by atoms with Crippen molar-refractivity contribution in [1.29, 1.82) is 0 Å². The van der Waals surface area contributed by atoms with Crippen molar-refractivity contribution in [3.63, 3.8) is 0 Å². The van der Waals surface area contributed by atoms with Crippen molar-refractivity contribution in [3.05, 3.63) is 71.3 Å². The minimum absolute atomic E-state index is 0.0615. The van der Waals surface area contributed by atoms with Crippen LogP contribution in [0.15, 0.2) is 48.5 Å². The maximum atomic E-state index is 14.2. The van der Waals surface area contributed by atoms with Gasteiger partial charge in [-0.2, -0.15) is 14.2 Å². The Hall–Kier alpha value is -3.39. The quantitative estimate of drug-likeness (QED) is 0.565. The third-order valence-electron chi connectivity index (χ3n) is 4.43. The summed E-state index contributed by atoms with van der Waals surface area (Å²) in [6, 6.07) is 14.6. The predicted octanol–water partition coefficient (Wildman–Crippen LogP) is 5.78. The van der Waals surface area contributed by atoms with E-state index in [1.165, 1.54) is 0 Å². The Balaban J connectivity index is 1.88. The first-order chi connectivity index (χ1) is 13.7. The van der Waals surface area contributed by atoms with E-state index in [1.54, 1.807) is 19.9 Å². The first-order valence-corrected chi connectivity index (χ1v) is 9.41. The molecule has 0 radical (unpaired) electrons. The van der Waals surface area contributed by atoms with E-state index in [-0.39, 0.29) is 5.41 Å². The molecule has 0 unspecified atom stereocenters. The molecular weight excluding hydrogens is 365 g/mol. The number of amides is 1. The normalized spacial score (nSPS) is 11.0. The summed E-state index contributed by atoms with van der Waals surface area (Å²) >= 11 is 0. The first-order valence-electron chi connectivity index (χ1n) is 9.41. The zero-order valence-corrected chi connectivity index (χ0v) is 17.3. The molecule has 0 fully saturated rings. The minimum atomic E-state index is -0.653. The van der Waals surface area contributed by atoms with Crippen LogP contribution in [0.2, 0.25) is 0 Å². The van der Waals surface area contributed by atoms with E-state index in [0.29, 0.717) is 16.9 Å². The van der Waals surface area contributed by atoms with E-state index in [9.17, 15) is 9.18 Å². The molecule has 0 aliphatic rings. The van der Waals surface area contributed by atoms with Crippen LogP contribution in [0.5, 0.6) is 0 Å². The van der Waals surface area contributed by atoms with Gasteiger partial charge in [0.15, 0.2) is 0 Å². The largest absolute Gasteiger partial charge is 0.349 e. The van der Waals surface area contributed by atoms with Crippen LogP contribution in [-0.4, -0.2) is 15.8 Å². The maximum Gasteiger partial charge on any atom is 0.349 e. The molecule has 3 rings (SSSR count). The number of anilines is 1. The molecule has 29 heavy (non-hydrogen) atoms. The van der Waals surface area contributed by atoms with Gasteiger partial charge < -0.3 is 5.32 Å². The Bertz CT molecular complexity index is 1110. The molecule has 0 spiro atoms. The summed E-state index contributed by atoms with van der Waals surface area (Å²) in [5.74, 6) is 5.73. The van der Waals surface area contributed by atoms with Crippen molar-refractivity contribution in [3.8, 4) is 23.0 Å². The minimum Gasteiger partial charge on any atom is -0.305 e.